The van der Waals surface area contributed by atoms with E-state index >= 15 is 0 Å². The number of ether oxygens (including phenoxy) is 1. The van der Waals surface area contributed by atoms with Gasteiger partial charge in [0.25, 0.3) is 0 Å². The second-order valence-electron chi connectivity index (χ2n) is 5.58. The van der Waals surface area contributed by atoms with Gasteiger partial charge in [-0.25, -0.2) is 0 Å². The topological polar surface area (TPSA) is 57.0 Å². The molecule has 0 bridgehead atoms. The maximum absolute atomic E-state index is 11.6. The number of hydrogen-bond acceptors (Lipinski definition) is 6. The Kier molecular flexibility index (Phi) is 5.15. The number of esters is 1. The van der Waals surface area contributed by atoms with Gasteiger partial charge in [-0.05, 0) is 18.2 Å². The molecule has 0 fully saturated rings. The first-order valence-corrected chi connectivity index (χ1v) is 10.2. The van der Waals surface area contributed by atoms with E-state index in [0.717, 1.165) is 20.7 Å². The van der Waals surface area contributed by atoms with Gasteiger partial charge >= 0.3 is 5.97 Å². The highest BCUT2D eigenvalue weighted by Crippen LogP contribution is 2.42. The number of methoxy groups -OCH3 is 1. The Balaban J connectivity index is 1.86. The minimum atomic E-state index is -0.316. The largest absolute Gasteiger partial charge is 0.468 e. The molecular weight excluding hydrogens is 402 g/mol. The van der Waals surface area contributed by atoms with Crippen molar-refractivity contribution in [3.63, 3.8) is 0 Å². The van der Waals surface area contributed by atoms with Crippen molar-refractivity contribution in [1.29, 1.82) is 0 Å². The predicted octanol–water partition coefficient (Wildman–Crippen LogP) is 5.07. The molecule has 0 saturated heterocycles. The molecule has 8 heteroatoms. The highest BCUT2D eigenvalue weighted by molar-refractivity contribution is 7.99. The second-order valence-corrected chi connectivity index (χ2v) is 7.96. The lowest BCUT2D eigenvalue weighted by atomic mass is 10.2. The van der Waals surface area contributed by atoms with Gasteiger partial charge in [0.15, 0.2) is 11.0 Å². The van der Waals surface area contributed by atoms with E-state index in [9.17, 15) is 4.79 Å². The summed E-state index contributed by atoms with van der Waals surface area (Å²) in [5, 5.41) is 10.9. The summed E-state index contributed by atoms with van der Waals surface area (Å²) in [5.74, 6) is 0.491. The zero-order chi connectivity index (χ0) is 18.8. The number of rotatable bonds is 5. The van der Waals surface area contributed by atoms with Crippen LogP contribution >= 0.6 is 34.7 Å². The van der Waals surface area contributed by atoms with E-state index < -0.39 is 0 Å². The number of aromatic nitrogens is 3. The molecule has 5 nitrogen and oxygen atoms in total. The first kappa shape index (κ1) is 18.0. The molecule has 2 aromatic heterocycles. The van der Waals surface area contributed by atoms with E-state index in [1.807, 2.05) is 59.2 Å². The normalized spacial score (nSPS) is 11.0. The summed E-state index contributed by atoms with van der Waals surface area (Å²) in [5.41, 5.74) is 0.901. The van der Waals surface area contributed by atoms with Gasteiger partial charge in [0, 0.05) is 15.8 Å². The average Bonchev–Trinajstić information content (AvgIpc) is 3.28. The number of fused-ring (bicyclic) bond motifs is 1. The first-order chi connectivity index (χ1) is 13.2. The van der Waals surface area contributed by atoms with Crippen molar-refractivity contribution in [2.24, 2.45) is 0 Å². The molecule has 2 heterocycles. The number of nitrogens with zero attached hydrogens (tertiary/aromatic N) is 3. The van der Waals surface area contributed by atoms with E-state index in [1.54, 1.807) is 11.3 Å². The van der Waals surface area contributed by atoms with Crippen molar-refractivity contribution in [1.82, 2.24) is 14.8 Å². The highest BCUT2D eigenvalue weighted by Gasteiger charge is 2.22. The molecule has 0 unspecified atom stereocenters. The number of halogens is 1. The molecule has 4 rings (SSSR count). The van der Waals surface area contributed by atoms with Crippen LogP contribution in [0.3, 0.4) is 0 Å². The van der Waals surface area contributed by atoms with E-state index in [2.05, 4.69) is 10.2 Å². The smallest absolute Gasteiger partial charge is 0.316 e. The molecular formula is C19H14ClN3O2S2. The number of thiophene rings is 1. The molecule has 0 aliphatic carbocycles. The molecule has 0 radical (unpaired) electrons. The van der Waals surface area contributed by atoms with Crippen molar-refractivity contribution in [3.05, 3.63) is 59.6 Å². The zero-order valence-corrected chi connectivity index (χ0v) is 16.6. The van der Waals surface area contributed by atoms with Gasteiger partial charge in [0.05, 0.1) is 22.8 Å². The lowest BCUT2D eigenvalue weighted by molar-refractivity contribution is -0.137. The minimum absolute atomic E-state index is 0.154. The fourth-order valence-electron chi connectivity index (χ4n) is 2.66. The van der Waals surface area contributed by atoms with Gasteiger partial charge in [0.1, 0.15) is 0 Å². The Morgan fingerprint density at radius 2 is 1.89 bits per heavy atom. The fourth-order valence-corrected chi connectivity index (χ4v) is 4.94. The molecule has 0 atom stereocenters. The number of para-hydroxylation sites is 1. The molecule has 0 aliphatic rings. The Hall–Kier alpha value is -2.35. The summed E-state index contributed by atoms with van der Waals surface area (Å²) in [4.78, 5) is 12.4. The van der Waals surface area contributed by atoms with Crippen LogP contribution in [0.2, 0.25) is 5.02 Å². The Morgan fingerprint density at radius 3 is 2.63 bits per heavy atom. The Bertz CT molecular complexity index is 1110. The monoisotopic (exact) mass is 415 g/mol. The standard InChI is InChI=1S/C19H14ClN3O2S2/c1-25-15(24)11-26-19-22-21-18(23(19)12-7-3-2-4-8-12)17-16(20)13-9-5-6-10-14(13)27-17/h2-10H,11H2,1H3. The number of hydrogen-bond donors (Lipinski definition) is 0. The van der Waals surface area contributed by atoms with Crippen LogP contribution in [0.15, 0.2) is 59.8 Å². The number of benzene rings is 2. The zero-order valence-electron chi connectivity index (χ0n) is 14.3. The Morgan fingerprint density at radius 1 is 1.15 bits per heavy atom. The van der Waals surface area contributed by atoms with Gasteiger partial charge in [0.2, 0.25) is 0 Å². The third kappa shape index (κ3) is 3.45. The molecule has 0 aliphatic heterocycles. The maximum Gasteiger partial charge on any atom is 0.316 e. The molecule has 4 aromatic rings. The summed E-state index contributed by atoms with van der Waals surface area (Å²) >= 11 is 9.51. The van der Waals surface area contributed by atoms with Crippen LogP contribution in [0.4, 0.5) is 0 Å². The van der Waals surface area contributed by atoms with Crippen LogP contribution in [0.25, 0.3) is 26.5 Å². The molecule has 27 heavy (non-hydrogen) atoms. The van der Waals surface area contributed by atoms with E-state index in [0.29, 0.717) is 16.0 Å². The quantitative estimate of drug-likeness (QED) is 0.336. The SMILES string of the molecule is COC(=O)CSc1nnc(-c2sc3ccccc3c2Cl)n1-c1ccccc1. The van der Waals surface area contributed by atoms with Crippen LogP contribution in [0.5, 0.6) is 0 Å². The lowest BCUT2D eigenvalue weighted by Gasteiger charge is -2.09. The molecule has 0 amide bonds. The summed E-state index contributed by atoms with van der Waals surface area (Å²) in [6.07, 6.45) is 0. The van der Waals surface area contributed by atoms with Gasteiger partial charge in [-0.1, -0.05) is 59.8 Å². The van der Waals surface area contributed by atoms with Gasteiger partial charge in [-0.15, -0.1) is 21.5 Å². The second kappa shape index (κ2) is 7.72. The van der Waals surface area contributed by atoms with E-state index in [-0.39, 0.29) is 11.7 Å². The predicted molar refractivity (Wildman–Crippen MR) is 110 cm³/mol. The van der Waals surface area contributed by atoms with Gasteiger partial charge in [-0.3, -0.25) is 9.36 Å². The summed E-state index contributed by atoms with van der Waals surface area (Å²) in [7, 11) is 1.37. The number of carbonyl (C=O) groups is 1. The lowest BCUT2D eigenvalue weighted by Crippen LogP contribution is -2.05. The van der Waals surface area contributed by atoms with Crippen molar-refractivity contribution in [2.45, 2.75) is 5.16 Å². The van der Waals surface area contributed by atoms with Crippen molar-refractivity contribution < 1.29 is 9.53 Å². The molecule has 136 valence electrons. The first-order valence-electron chi connectivity index (χ1n) is 8.07. The maximum atomic E-state index is 11.6. The van der Waals surface area contributed by atoms with Crippen molar-refractivity contribution >= 4 is 50.8 Å². The average molecular weight is 416 g/mol. The third-order valence-electron chi connectivity index (χ3n) is 3.93. The molecule has 0 N–H and O–H groups in total. The van der Waals surface area contributed by atoms with E-state index in [1.165, 1.54) is 18.9 Å². The van der Waals surface area contributed by atoms with Crippen LogP contribution < -0.4 is 0 Å². The number of thioether (sulfide) groups is 1. The van der Waals surface area contributed by atoms with Crippen LogP contribution in [0.1, 0.15) is 0 Å². The minimum Gasteiger partial charge on any atom is -0.468 e. The fraction of sp³-hybridized carbons (Fsp3) is 0.105. The Labute approximate surface area is 168 Å². The molecule has 0 spiro atoms. The van der Waals surface area contributed by atoms with Crippen LogP contribution in [-0.2, 0) is 9.53 Å². The molecule has 2 aromatic carbocycles. The third-order valence-corrected chi connectivity index (χ3v) is 6.51. The number of carbonyl (C=O) groups excluding carboxylic acids is 1. The van der Waals surface area contributed by atoms with Gasteiger partial charge < -0.3 is 4.74 Å². The summed E-state index contributed by atoms with van der Waals surface area (Å²) < 4.78 is 7.74. The summed E-state index contributed by atoms with van der Waals surface area (Å²) in [6.45, 7) is 0. The van der Waals surface area contributed by atoms with E-state index in [4.69, 9.17) is 16.3 Å². The molecule has 0 saturated carbocycles. The van der Waals surface area contributed by atoms with Crippen molar-refractivity contribution in [3.8, 4) is 16.4 Å². The van der Waals surface area contributed by atoms with Crippen LogP contribution in [-0.4, -0.2) is 33.6 Å². The van der Waals surface area contributed by atoms with Crippen LogP contribution in [0, 0.1) is 0 Å². The highest BCUT2D eigenvalue weighted by atomic mass is 35.5. The van der Waals surface area contributed by atoms with Gasteiger partial charge in [-0.2, -0.15) is 0 Å². The summed E-state index contributed by atoms with van der Waals surface area (Å²) in [6, 6.07) is 17.7. The van der Waals surface area contributed by atoms with Crippen molar-refractivity contribution in [2.75, 3.05) is 12.9 Å².